The second kappa shape index (κ2) is 4.49. The molecule has 1 atom stereocenters. The molecule has 1 aliphatic rings. The highest BCUT2D eigenvalue weighted by molar-refractivity contribution is 5.77. The van der Waals surface area contributed by atoms with Crippen molar-refractivity contribution in [2.45, 2.75) is 45.4 Å². The van der Waals surface area contributed by atoms with Gasteiger partial charge in [0, 0.05) is 6.54 Å². The second-order valence-corrected chi connectivity index (χ2v) is 5.44. The summed E-state index contributed by atoms with van der Waals surface area (Å²) in [6.07, 6.45) is 0.713. The third-order valence-corrected chi connectivity index (χ3v) is 2.77. The normalized spacial score (nSPS) is 19.6. The lowest BCUT2D eigenvalue weighted by Gasteiger charge is -2.28. The number of hydrogen-bond acceptors (Lipinski definition) is 3. The molecule has 1 aliphatic heterocycles. The third kappa shape index (κ3) is 3.07. The van der Waals surface area contributed by atoms with Gasteiger partial charge in [-0.2, -0.15) is 0 Å². The first-order valence-electron chi connectivity index (χ1n) is 5.99. The fourth-order valence-corrected chi connectivity index (χ4v) is 1.99. The van der Waals surface area contributed by atoms with Crippen molar-refractivity contribution in [3.05, 3.63) is 35.4 Å². The van der Waals surface area contributed by atoms with Gasteiger partial charge in [0.25, 0.3) is 0 Å². The maximum atomic E-state index is 11.9. The minimum atomic E-state index is -0.421. The summed E-state index contributed by atoms with van der Waals surface area (Å²) in [5.41, 5.74) is 2.09. The number of ether oxygens (including phenoxy) is 1. The van der Waals surface area contributed by atoms with Crippen molar-refractivity contribution in [1.82, 2.24) is 5.32 Å². The molecule has 0 saturated heterocycles. The van der Waals surface area contributed by atoms with Gasteiger partial charge < -0.3 is 10.1 Å². The maximum absolute atomic E-state index is 11.9. The van der Waals surface area contributed by atoms with Gasteiger partial charge in [-0.05, 0) is 38.3 Å². The Morgan fingerprint density at radius 1 is 1.29 bits per heavy atom. The molecule has 1 aromatic rings. The van der Waals surface area contributed by atoms with Crippen LogP contribution in [0.1, 0.15) is 31.9 Å². The highest BCUT2D eigenvalue weighted by Gasteiger charge is 2.28. The third-order valence-electron chi connectivity index (χ3n) is 2.77. The van der Waals surface area contributed by atoms with E-state index in [-0.39, 0.29) is 12.0 Å². The van der Waals surface area contributed by atoms with Crippen LogP contribution in [0, 0.1) is 0 Å². The molecule has 1 heterocycles. The highest BCUT2D eigenvalue weighted by atomic mass is 16.6. The molecule has 17 heavy (non-hydrogen) atoms. The summed E-state index contributed by atoms with van der Waals surface area (Å²) in [5, 5.41) is 3.22. The first kappa shape index (κ1) is 12.1. The van der Waals surface area contributed by atoms with Crippen molar-refractivity contribution >= 4 is 5.97 Å². The predicted molar refractivity (Wildman–Crippen MR) is 66.6 cm³/mol. The van der Waals surface area contributed by atoms with E-state index in [2.05, 4.69) is 17.4 Å². The van der Waals surface area contributed by atoms with E-state index in [1.807, 2.05) is 32.9 Å². The summed E-state index contributed by atoms with van der Waals surface area (Å²) in [4.78, 5) is 11.9. The summed E-state index contributed by atoms with van der Waals surface area (Å²) < 4.78 is 5.39. The van der Waals surface area contributed by atoms with Crippen LogP contribution in [0.5, 0.6) is 0 Å². The van der Waals surface area contributed by atoms with Crippen LogP contribution in [0.2, 0.25) is 0 Å². The van der Waals surface area contributed by atoms with Gasteiger partial charge in [0.05, 0.1) is 0 Å². The van der Waals surface area contributed by atoms with Gasteiger partial charge in [0.15, 0.2) is 0 Å². The SMILES string of the molecule is CC(C)(C)OC(=O)C1Cc2ccccc2CN1. The topological polar surface area (TPSA) is 38.3 Å². The summed E-state index contributed by atoms with van der Waals surface area (Å²) in [5.74, 6) is -0.160. The zero-order valence-electron chi connectivity index (χ0n) is 10.6. The van der Waals surface area contributed by atoms with Gasteiger partial charge in [0.2, 0.25) is 0 Å². The predicted octanol–water partition coefficient (Wildman–Crippen LogP) is 2.04. The van der Waals surface area contributed by atoms with Crippen molar-refractivity contribution in [3.63, 3.8) is 0 Å². The Labute approximate surface area is 102 Å². The number of hydrogen-bond donors (Lipinski definition) is 1. The molecular weight excluding hydrogens is 214 g/mol. The molecule has 0 aliphatic carbocycles. The van der Waals surface area contributed by atoms with E-state index in [0.29, 0.717) is 6.42 Å². The summed E-state index contributed by atoms with van der Waals surface area (Å²) in [7, 11) is 0. The molecule has 92 valence electrons. The van der Waals surface area contributed by atoms with Crippen molar-refractivity contribution in [2.75, 3.05) is 0 Å². The number of benzene rings is 1. The molecule has 0 amide bonds. The first-order valence-corrected chi connectivity index (χ1v) is 5.99. The van der Waals surface area contributed by atoms with Crippen LogP contribution in [0.3, 0.4) is 0 Å². The molecule has 1 N–H and O–H groups in total. The molecule has 0 saturated carbocycles. The molecule has 3 nitrogen and oxygen atoms in total. The van der Waals surface area contributed by atoms with E-state index in [1.54, 1.807) is 0 Å². The maximum Gasteiger partial charge on any atom is 0.324 e. The molecule has 3 heteroatoms. The Balaban J connectivity index is 2.05. The Kier molecular flexibility index (Phi) is 3.20. The Morgan fingerprint density at radius 3 is 2.59 bits per heavy atom. The van der Waals surface area contributed by atoms with Crippen LogP contribution in [-0.4, -0.2) is 17.6 Å². The lowest BCUT2D eigenvalue weighted by molar-refractivity contribution is -0.157. The van der Waals surface area contributed by atoms with E-state index in [0.717, 1.165) is 6.54 Å². The molecule has 0 radical (unpaired) electrons. The van der Waals surface area contributed by atoms with E-state index < -0.39 is 5.60 Å². The first-order chi connectivity index (χ1) is 7.96. The van der Waals surface area contributed by atoms with Crippen molar-refractivity contribution in [1.29, 1.82) is 0 Å². The van der Waals surface area contributed by atoms with E-state index >= 15 is 0 Å². The Morgan fingerprint density at radius 2 is 1.94 bits per heavy atom. The molecule has 1 unspecified atom stereocenters. The van der Waals surface area contributed by atoms with Crippen LogP contribution in [-0.2, 0) is 22.5 Å². The number of rotatable bonds is 1. The Hall–Kier alpha value is -1.35. The quantitative estimate of drug-likeness (QED) is 0.754. The highest BCUT2D eigenvalue weighted by Crippen LogP contribution is 2.18. The van der Waals surface area contributed by atoms with Gasteiger partial charge in [-0.3, -0.25) is 4.79 Å². The van der Waals surface area contributed by atoms with E-state index in [1.165, 1.54) is 11.1 Å². The molecule has 0 spiro atoms. The molecule has 2 rings (SSSR count). The monoisotopic (exact) mass is 233 g/mol. The van der Waals surface area contributed by atoms with Crippen LogP contribution in [0.25, 0.3) is 0 Å². The summed E-state index contributed by atoms with van der Waals surface area (Å²) in [6.45, 7) is 6.41. The number of carbonyl (C=O) groups is 1. The molecule has 0 aromatic heterocycles. The van der Waals surface area contributed by atoms with E-state index in [9.17, 15) is 4.79 Å². The zero-order chi connectivity index (χ0) is 12.5. The lowest BCUT2D eigenvalue weighted by atomic mass is 9.96. The average molecular weight is 233 g/mol. The van der Waals surface area contributed by atoms with Crippen molar-refractivity contribution in [2.24, 2.45) is 0 Å². The van der Waals surface area contributed by atoms with Crippen LogP contribution in [0.4, 0.5) is 0 Å². The van der Waals surface area contributed by atoms with E-state index in [4.69, 9.17) is 4.74 Å². The summed E-state index contributed by atoms with van der Waals surface area (Å²) >= 11 is 0. The van der Waals surface area contributed by atoms with Gasteiger partial charge in [-0.25, -0.2) is 0 Å². The summed E-state index contributed by atoms with van der Waals surface area (Å²) in [6, 6.07) is 7.98. The molecule has 0 fully saturated rings. The van der Waals surface area contributed by atoms with Gasteiger partial charge >= 0.3 is 5.97 Å². The number of fused-ring (bicyclic) bond motifs is 1. The zero-order valence-corrected chi connectivity index (χ0v) is 10.6. The standard InChI is InChI=1S/C14H19NO2/c1-14(2,3)17-13(16)12-8-10-6-4-5-7-11(10)9-15-12/h4-7,12,15H,8-9H2,1-3H3. The second-order valence-electron chi connectivity index (χ2n) is 5.44. The average Bonchev–Trinajstić information content (AvgIpc) is 2.26. The van der Waals surface area contributed by atoms with Crippen LogP contribution < -0.4 is 5.32 Å². The van der Waals surface area contributed by atoms with Crippen LogP contribution in [0.15, 0.2) is 24.3 Å². The lowest BCUT2D eigenvalue weighted by Crippen LogP contribution is -2.45. The fraction of sp³-hybridized carbons (Fsp3) is 0.500. The molecule has 0 bridgehead atoms. The molecule has 1 aromatic carbocycles. The number of carbonyl (C=O) groups excluding carboxylic acids is 1. The minimum absolute atomic E-state index is 0.160. The Bertz CT molecular complexity index is 420. The van der Waals surface area contributed by atoms with Crippen molar-refractivity contribution in [3.8, 4) is 0 Å². The number of nitrogens with one attached hydrogen (secondary N) is 1. The molecular formula is C14H19NO2. The van der Waals surface area contributed by atoms with Gasteiger partial charge in [-0.15, -0.1) is 0 Å². The largest absolute Gasteiger partial charge is 0.459 e. The van der Waals surface area contributed by atoms with Gasteiger partial charge in [-0.1, -0.05) is 24.3 Å². The van der Waals surface area contributed by atoms with Gasteiger partial charge in [0.1, 0.15) is 11.6 Å². The van der Waals surface area contributed by atoms with Crippen LogP contribution >= 0.6 is 0 Å². The number of esters is 1. The van der Waals surface area contributed by atoms with Crippen molar-refractivity contribution < 1.29 is 9.53 Å². The fourth-order valence-electron chi connectivity index (χ4n) is 1.99. The minimum Gasteiger partial charge on any atom is -0.459 e. The smallest absolute Gasteiger partial charge is 0.324 e.